The van der Waals surface area contributed by atoms with Crippen LogP contribution < -0.4 is 0 Å². The van der Waals surface area contributed by atoms with E-state index in [0.29, 0.717) is 6.42 Å². The van der Waals surface area contributed by atoms with Crippen molar-refractivity contribution in [3.05, 3.63) is 11.8 Å². The van der Waals surface area contributed by atoms with E-state index in [1.54, 1.807) is 6.08 Å². The Kier molecular flexibility index (Phi) is 6.71. The lowest BCUT2D eigenvalue weighted by Crippen LogP contribution is -2.25. The number of aliphatic hydroxyl groups is 2. The van der Waals surface area contributed by atoms with Gasteiger partial charge in [-0.3, -0.25) is 9.59 Å². The molecule has 0 radical (unpaired) electrons. The largest absolute Gasteiger partial charge is 0.512 e. The Balaban J connectivity index is 2.62. The molecule has 1 aliphatic rings. The molecule has 1 saturated carbocycles. The lowest BCUT2D eigenvalue weighted by molar-refractivity contribution is -0.140. The summed E-state index contributed by atoms with van der Waals surface area (Å²) in [7, 11) is 0. The molecule has 1 rings (SSSR count). The number of rotatable bonds is 8. The lowest BCUT2D eigenvalue weighted by Gasteiger charge is -2.19. The van der Waals surface area contributed by atoms with Gasteiger partial charge in [-0.25, -0.2) is 0 Å². The minimum atomic E-state index is -1.09. The van der Waals surface area contributed by atoms with Crippen molar-refractivity contribution in [3.63, 3.8) is 0 Å². The van der Waals surface area contributed by atoms with Crippen molar-refractivity contribution in [2.45, 2.75) is 58.0 Å². The third-order valence-corrected chi connectivity index (χ3v) is 3.82. The second kappa shape index (κ2) is 8.04. The van der Waals surface area contributed by atoms with Gasteiger partial charge in [-0.2, -0.15) is 0 Å². The quantitative estimate of drug-likeness (QED) is 0.470. The second-order valence-electron chi connectivity index (χ2n) is 5.45. The Morgan fingerprint density at radius 3 is 2.60 bits per heavy atom. The summed E-state index contributed by atoms with van der Waals surface area (Å²) in [6, 6.07) is 0. The molecule has 0 spiro atoms. The summed E-state index contributed by atoms with van der Waals surface area (Å²) in [5.41, 5.74) is 0. The number of hydrogen-bond donors (Lipinski definition) is 3. The summed E-state index contributed by atoms with van der Waals surface area (Å²) in [4.78, 5) is 22.5. The van der Waals surface area contributed by atoms with Gasteiger partial charge in [0.25, 0.3) is 0 Å². The second-order valence-corrected chi connectivity index (χ2v) is 5.45. The Hall–Kier alpha value is -1.36. The van der Waals surface area contributed by atoms with Gasteiger partial charge in [0.2, 0.25) is 0 Å². The highest BCUT2D eigenvalue weighted by molar-refractivity contribution is 5.88. The fraction of sp³-hybridized carbons (Fsp3) is 0.733. The van der Waals surface area contributed by atoms with Crippen LogP contribution in [0.25, 0.3) is 0 Å². The predicted octanol–water partition coefficient (Wildman–Crippen LogP) is 2.44. The molecule has 0 aromatic rings. The van der Waals surface area contributed by atoms with Gasteiger partial charge in [0.1, 0.15) is 5.78 Å². The predicted molar refractivity (Wildman–Crippen MR) is 74.3 cm³/mol. The van der Waals surface area contributed by atoms with E-state index < -0.39 is 23.9 Å². The van der Waals surface area contributed by atoms with Crippen LogP contribution in [0.4, 0.5) is 0 Å². The first kappa shape index (κ1) is 16.7. The van der Waals surface area contributed by atoms with Crippen LogP contribution in [0.15, 0.2) is 11.8 Å². The van der Waals surface area contributed by atoms with E-state index in [4.69, 9.17) is 5.11 Å². The van der Waals surface area contributed by atoms with Crippen molar-refractivity contribution in [3.8, 4) is 0 Å². The van der Waals surface area contributed by atoms with Gasteiger partial charge < -0.3 is 15.3 Å². The highest BCUT2D eigenvalue weighted by Crippen LogP contribution is 2.36. The molecule has 114 valence electrons. The van der Waals surface area contributed by atoms with Gasteiger partial charge in [-0.15, -0.1) is 0 Å². The number of carbonyl (C=O) groups excluding carboxylic acids is 1. The minimum absolute atomic E-state index is 0.0360. The summed E-state index contributed by atoms with van der Waals surface area (Å²) >= 11 is 0. The summed E-state index contributed by atoms with van der Waals surface area (Å²) in [5.74, 6) is -2.97. The molecule has 3 atom stereocenters. The van der Waals surface area contributed by atoms with Crippen molar-refractivity contribution in [2.24, 2.45) is 11.8 Å². The first-order valence-corrected chi connectivity index (χ1v) is 7.29. The van der Waals surface area contributed by atoms with E-state index in [9.17, 15) is 19.8 Å². The average Bonchev–Trinajstić information content (AvgIpc) is 2.63. The zero-order valence-corrected chi connectivity index (χ0v) is 11.9. The molecule has 5 heteroatoms. The molecule has 3 N–H and O–H groups in total. The van der Waals surface area contributed by atoms with Gasteiger partial charge in [0.15, 0.2) is 0 Å². The maximum absolute atomic E-state index is 11.7. The van der Waals surface area contributed by atoms with E-state index in [1.807, 2.05) is 0 Å². The van der Waals surface area contributed by atoms with E-state index in [0.717, 1.165) is 25.7 Å². The van der Waals surface area contributed by atoms with Crippen molar-refractivity contribution in [2.75, 3.05) is 0 Å². The van der Waals surface area contributed by atoms with Crippen LogP contribution in [0.5, 0.6) is 0 Å². The number of ketones is 1. The van der Waals surface area contributed by atoms with Gasteiger partial charge in [-0.1, -0.05) is 26.2 Å². The molecule has 0 saturated heterocycles. The van der Waals surface area contributed by atoms with Crippen LogP contribution in [0.2, 0.25) is 0 Å². The van der Waals surface area contributed by atoms with Crippen LogP contribution in [0.3, 0.4) is 0 Å². The fourth-order valence-corrected chi connectivity index (χ4v) is 2.74. The van der Waals surface area contributed by atoms with Gasteiger partial charge >= 0.3 is 5.97 Å². The molecule has 0 aromatic heterocycles. The standard InChI is InChI=1S/C15H24O5/c1-2-3-4-5-6-7-11(16)15-10(8-14(19)20)12(17)9-13(15)18/h7,10,13,15-16,18H,2-6,8-9H2,1H3,(H,19,20)/t10-,13+,15-/m0/s1. The van der Waals surface area contributed by atoms with Crippen molar-refractivity contribution in [1.82, 2.24) is 0 Å². The number of hydrogen-bond acceptors (Lipinski definition) is 4. The number of unbranched alkanes of at least 4 members (excludes halogenated alkanes) is 4. The normalized spacial score (nSPS) is 27.0. The molecular formula is C15H24O5. The van der Waals surface area contributed by atoms with Crippen LogP contribution in [-0.2, 0) is 9.59 Å². The highest BCUT2D eigenvalue weighted by Gasteiger charge is 2.44. The Morgan fingerprint density at radius 1 is 1.30 bits per heavy atom. The van der Waals surface area contributed by atoms with E-state index >= 15 is 0 Å². The number of aliphatic carboxylic acids is 1. The topological polar surface area (TPSA) is 94.8 Å². The Labute approximate surface area is 119 Å². The van der Waals surface area contributed by atoms with Crippen molar-refractivity contribution in [1.29, 1.82) is 0 Å². The number of carboxylic acid groups (broad SMARTS) is 1. The van der Waals surface area contributed by atoms with Crippen LogP contribution in [0.1, 0.15) is 51.9 Å². The van der Waals surface area contributed by atoms with Gasteiger partial charge in [0, 0.05) is 12.3 Å². The third-order valence-electron chi connectivity index (χ3n) is 3.82. The van der Waals surface area contributed by atoms with Gasteiger partial charge in [0.05, 0.1) is 24.2 Å². The van der Waals surface area contributed by atoms with E-state index in [2.05, 4.69) is 6.92 Å². The maximum Gasteiger partial charge on any atom is 0.304 e. The summed E-state index contributed by atoms with van der Waals surface area (Å²) in [6.07, 6.45) is 5.21. The lowest BCUT2D eigenvalue weighted by atomic mass is 9.89. The molecule has 1 aliphatic carbocycles. The monoisotopic (exact) mass is 284 g/mol. The molecule has 0 unspecified atom stereocenters. The van der Waals surface area contributed by atoms with Crippen LogP contribution in [-0.4, -0.2) is 33.2 Å². The molecule has 0 aliphatic heterocycles. The summed E-state index contributed by atoms with van der Waals surface area (Å²) < 4.78 is 0. The molecule has 0 amide bonds. The fourth-order valence-electron chi connectivity index (χ4n) is 2.74. The molecule has 0 heterocycles. The van der Waals surface area contributed by atoms with Crippen molar-refractivity contribution < 1.29 is 24.9 Å². The summed E-state index contributed by atoms with van der Waals surface area (Å²) in [6.45, 7) is 2.12. The number of carbonyl (C=O) groups is 2. The number of carboxylic acids is 1. The SMILES string of the molecule is CCCCCCC=C(O)[C@H]1[C@H](O)CC(=O)[C@@H]1CC(=O)O. The minimum Gasteiger partial charge on any atom is -0.512 e. The maximum atomic E-state index is 11.7. The molecule has 0 aromatic carbocycles. The molecule has 0 bridgehead atoms. The smallest absolute Gasteiger partial charge is 0.304 e. The average molecular weight is 284 g/mol. The van der Waals surface area contributed by atoms with Crippen LogP contribution in [0, 0.1) is 11.8 Å². The number of allylic oxidation sites excluding steroid dienone is 1. The molecule has 20 heavy (non-hydrogen) atoms. The van der Waals surface area contributed by atoms with Crippen LogP contribution >= 0.6 is 0 Å². The number of aliphatic hydroxyl groups excluding tert-OH is 2. The Morgan fingerprint density at radius 2 is 2.00 bits per heavy atom. The highest BCUT2D eigenvalue weighted by atomic mass is 16.4. The molecule has 1 fully saturated rings. The van der Waals surface area contributed by atoms with Crippen molar-refractivity contribution >= 4 is 11.8 Å². The number of Topliss-reactive ketones (excluding diaryl/α,β-unsaturated/α-hetero) is 1. The molecular weight excluding hydrogens is 260 g/mol. The molecule has 5 nitrogen and oxygen atoms in total. The Bertz CT molecular complexity index is 374. The first-order valence-electron chi connectivity index (χ1n) is 7.29. The van der Waals surface area contributed by atoms with E-state index in [1.165, 1.54) is 0 Å². The van der Waals surface area contributed by atoms with E-state index in [-0.39, 0.29) is 24.4 Å². The van der Waals surface area contributed by atoms with Gasteiger partial charge in [-0.05, 0) is 18.9 Å². The first-order chi connectivity index (χ1) is 9.47. The third kappa shape index (κ3) is 4.63. The zero-order chi connectivity index (χ0) is 15.1. The summed E-state index contributed by atoms with van der Waals surface area (Å²) in [5, 5.41) is 28.7. The zero-order valence-electron chi connectivity index (χ0n) is 11.9.